The highest BCUT2D eigenvalue weighted by Gasteiger charge is 2.33. The third kappa shape index (κ3) is 3.59. The van der Waals surface area contributed by atoms with E-state index in [0.717, 1.165) is 6.07 Å². The maximum atomic E-state index is 12.7. The maximum absolute atomic E-state index is 12.7. The molecule has 1 heterocycles. The van der Waals surface area contributed by atoms with Crippen LogP contribution in [0.4, 0.5) is 19.0 Å². The normalized spacial score (nSPS) is 13.7. The molecule has 0 spiro atoms. The molecule has 0 aliphatic heterocycles. The van der Waals surface area contributed by atoms with Gasteiger partial charge in [0.25, 0.3) is 0 Å². The van der Waals surface area contributed by atoms with Gasteiger partial charge in [-0.25, -0.2) is 4.98 Å². The number of hydrogen-bond donors (Lipinski definition) is 1. The summed E-state index contributed by atoms with van der Waals surface area (Å²) in [4.78, 5) is 5.49. The predicted molar refractivity (Wildman–Crippen MR) is 69.8 cm³/mol. The quantitative estimate of drug-likeness (QED) is 0.918. The highest BCUT2D eigenvalue weighted by molar-refractivity contribution is 5.48. The number of pyridine rings is 1. The number of aromatic nitrogens is 1. The van der Waals surface area contributed by atoms with Crippen molar-refractivity contribution in [1.29, 1.82) is 0 Å². The molecule has 3 nitrogen and oxygen atoms in total. The average Bonchev–Trinajstić information content (AvgIpc) is 2.34. The molecule has 1 atom stereocenters. The van der Waals surface area contributed by atoms with Gasteiger partial charge >= 0.3 is 6.18 Å². The van der Waals surface area contributed by atoms with Gasteiger partial charge in [-0.15, -0.1) is 0 Å². The Morgan fingerprint density at radius 2 is 1.84 bits per heavy atom. The van der Waals surface area contributed by atoms with Gasteiger partial charge in [0, 0.05) is 25.2 Å². The van der Waals surface area contributed by atoms with Gasteiger partial charge in [0.05, 0.1) is 0 Å². The summed E-state index contributed by atoms with van der Waals surface area (Å²) in [5, 5.41) is 0. The molecule has 0 amide bonds. The van der Waals surface area contributed by atoms with Crippen LogP contribution in [0.1, 0.15) is 32.0 Å². The Labute approximate surface area is 111 Å². The molecule has 1 aromatic rings. The average molecular weight is 275 g/mol. The van der Waals surface area contributed by atoms with E-state index in [2.05, 4.69) is 4.98 Å². The Balaban J connectivity index is 3.23. The van der Waals surface area contributed by atoms with Crippen molar-refractivity contribution in [3.05, 3.63) is 23.4 Å². The lowest BCUT2D eigenvalue weighted by Gasteiger charge is -2.30. The summed E-state index contributed by atoms with van der Waals surface area (Å²) in [6.45, 7) is 6.14. The van der Waals surface area contributed by atoms with E-state index < -0.39 is 11.9 Å². The van der Waals surface area contributed by atoms with Crippen molar-refractivity contribution in [2.24, 2.45) is 11.7 Å². The van der Waals surface area contributed by atoms with E-state index in [9.17, 15) is 13.2 Å². The molecule has 0 aliphatic rings. The fourth-order valence-corrected chi connectivity index (χ4v) is 1.74. The minimum absolute atomic E-state index is 0.0706. The van der Waals surface area contributed by atoms with Crippen LogP contribution in [0.2, 0.25) is 0 Å². The zero-order chi connectivity index (χ0) is 14.8. The van der Waals surface area contributed by atoms with E-state index >= 15 is 0 Å². The second-order valence-corrected chi connectivity index (χ2v) is 4.98. The fraction of sp³-hybridized carbons (Fsp3) is 0.615. The summed E-state index contributed by atoms with van der Waals surface area (Å²) in [5.41, 5.74) is 5.30. The van der Waals surface area contributed by atoms with Crippen LogP contribution in [0.5, 0.6) is 0 Å². The first kappa shape index (κ1) is 15.8. The Morgan fingerprint density at radius 1 is 1.26 bits per heavy atom. The minimum Gasteiger partial charge on any atom is -0.356 e. The van der Waals surface area contributed by atoms with Crippen molar-refractivity contribution in [1.82, 2.24) is 4.98 Å². The second-order valence-electron chi connectivity index (χ2n) is 4.98. The van der Waals surface area contributed by atoms with Gasteiger partial charge < -0.3 is 10.6 Å². The molecular weight excluding hydrogens is 255 g/mol. The summed E-state index contributed by atoms with van der Waals surface area (Å²) in [5.74, 6) is 0.602. The van der Waals surface area contributed by atoms with E-state index in [1.165, 1.54) is 6.07 Å². The molecule has 0 radical (unpaired) electrons. The van der Waals surface area contributed by atoms with Gasteiger partial charge in [0.15, 0.2) is 0 Å². The number of hydrogen-bond acceptors (Lipinski definition) is 3. The smallest absolute Gasteiger partial charge is 0.356 e. The van der Waals surface area contributed by atoms with Crippen molar-refractivity contribution < 1.29 is 13.2 Å². The molecule has 108 valence electrons. The zero-order valence-electron chi connectivity index (χ0n) is 11.6. The lowest BCUT2D eigenvalue weighted by molar-refractivity contribution is -0.141. The number of alkyl halides is 3. The standard InChI is InChI=1S/C13H20F3N3/c1-8(2)9(3)19(4)12-10(7-17)5-6-11(18-12)13(14,15)16/h5-6,8-9H,7,17H2,1-4H3. The number of nitrogens with two attached hydrogens (primary N) is 1. The van der Waals surface area contributed by atoms with E-state index in [0.29, 0.717) is 17.3 Å². The van der Waals surface area contributed by atoms with Crippen LogP contribution >= 0.6 is 0 Å². The molecule has 0 aromatic carbocycles. The van der Waals surface area contributed by atoms with Crippen LogP contribution in [0.3, 0.4) is 0 Å². The zero-order valence-corrected chi connectivity index (χ0v) is 11.6. The Kier molecular flexibility index (Phi) is 4.79. The van der Waals surface area contributed by atoms with Crippen molar-refractivity contribution in [3.8, 4) is 0 Å². The van der Waals surface area contributed by atoms with E-state index in [-0.39, 0.29) is 12.6 Å². The van der Waals surface area contributed by atoms with Gasteiger partial charge in [0.1, 0.15) is 11.5 Å². The van der Waals surface area contributed by atoms with Crippen LogP contribution in [-0.2, 0) is 12.7 Å². The van der Waals surface area contributed by atoms with E-state index in [1.54, 1.807) is 11.9 Å². The molecule has 0 aliphatic carbocycles. The summed E-state index contributed by atoms with van der Waals surface area (Å²) in [6.07, 6.45) is -4.44. The monoisotopic (exact) mass is 275 g/mol. The lowest BCUT2D eigenvalue weighted by Crippen LogP contribution is -2.35. The summed E-state index contributed by atoms with van der Waals surface area (Å²) in [6, 6.07) is 2.44. The predicted octanol–water partition coefficient (Wildman–Crippen LogP) is 3.04. The molecule has 1 aromatic heterocycles. The van der Waals surface area contributed by atoms with Crippen LogP contribution in [0.15, 0.2) is 12.1 Å². The van der Waals surface area contributed by atoms with Gasteiger partial charge in [-0.2, -0.15) is 13.2 Å². The maximum Gasteiger partial charge on any atom is 0.433 e. The Morgan fingerprint density at radius 3 is 2.26 bits per heavy atom. The molecular formula is C13H20F3N3. The Bertz CT molecular complexity index is 430. The molecule has 2 N–H and O–H groups in total. The first-order chi connectivity index (χ1) is 8.68. The fourth-order valence-electron chi connectivity index (χ4n) is 1.74. The third-order valence-corrected chi connectivity index (χ3v) is 3.38. The highest BCUT2D eigenvalue weighted by Crippen LogP contribution is 2.31. The number of nitrogens with zero attached hydrogens (tertiary/aromatic N) is 2. The van der Waals surface area contributed by atoms with E-state index in [1.807, 2.05) is 20.8 Å². The molecule has 1 unspecified atom stereocenters. The first-order valence-corrected chi connectivity index (χ1v) is 6.18. The van der Waals surface area contributed by atoms with Crippen LogP contribution in [0, 0.1) is 5.92 Å². The molecule has 6 heteroatoms. The number of halogens is 3. The van der Waals surface area contributed by atoms with Gasteiger partial charge in [-0.05, 0) is 18.9 Å². The third-order valence-electron chi connectivity index (χ3n) is 3.38. The van der Waals surface area contributed by atoms with Crippen molar-refractivity contribution >= 4 is 5.82 Å². The molecule has 0 saturated heterocycles. The summed E-state index contributed by atoms with van der Waals surface area (Å²) >= 11 is 0. The van der Waals surface area contributed by atoms with E-state index in [4.69, 9.17) is 5.73 Å². The lowest BCUT2D eigenvalue weighted by atomic mass is 10.0. The molecule has 1 rings (SSSR count). The number of rotatable bonds is 4. The Hall–Kier alpha value is -1.30. The van der Waals surface area contributed by atoms with Crippen molar-refractivity contribution in [2.75, 3.05) is 11.9 Å². The highest BCUT2D eigenvalue weighted by atomic mass is 19.4. The van der Waals surface area contributed by atoms with Crippen LogP contribution < -0.4 is 10.6 Å². The van der Waals surface area contributed by atoms with Crippen molar-refractivity contribution in [2.45, 2.75) is 39.5 Å². The summed E-state index contributed by atoms with van der Waals surface area (Å²) < 4.78 is 38.1. The second kappa shape index (κ2) is 5.77. The molecule has 0 saturated carbocycles. The minimum atomic E-state index is -4.44. The largest absolute Gasteiger partial charge is 0.433 e. The number of anilines is 1. The van der Waals surface area contributed by atoms with Crippen LogP contribution in [-0.4, -0.2) is 18.1 Å². The topological polar surface area (TPSA) is 42.2 Å². The van der Waals surface area contributed by atoms with Gasteiger partial charge in [-0.1, -0.05) is 19.9 Å². The SMILES string of the molecule is CC(C)C(C)N(C)c1nc(C(F)(F)F)ccc1CN. The first-order valence-electron chi connectivity index (χ1n) is 6.18. The van der Waals surface area contributed by atoms with Gasteiger partial charge in [0.2, 0.25) is 0 Å². The summed E-state index contributed by atoms with van der Waals surface area (Å²) in [7, 11) is 1.74. The molecule has 19 heavy (non-hydrogen) atoms. The molecule has 0 fully saturated rings. The van der Waals surface area contributed by atoms with Gasteiger partial charge in [-0.3, -0.25) is 0 Å². The van der Waals surface area contributed by atoms with Crippen LogP contribution in [0.25, 0.3) is 0 Å². The molecule has 0 bridgehead atoms. The van der Waals surface area contributed by atoms with Crippen molar-refractivity contribution in [3.63, 3.8) is 0 Å².